The molecule has 1 heterocycles. The van der Waals surface area contributed by atoms with Gasteiger partial charge in [-0.1, -0.05) is 0 Å². The first kappa shape index (κ1) is 13.6. The number of aromatic nitrogens is 1. The van der Waals surface area contributed by atoms with Gasteiger partial charge in [-0.25, -0.2) is 13.1 Å². The first-order chi connectivity index (χ1) is 7.99. The highest BCUT2D eigenvalue weighted by atomic mass is 32.2. The molecule has 0 aliphatic carbocycles. The molecule has 0 radical (unpaired) electrons. The quantitative estimate of drug-likeness (QED) is 0.736. The van der Waals surface area contributed by atoms with Gasteiger partial charge in [-0.15, -0.1) is 0 Å². The first-order valence-electron chi connectivity index (χ1n) is 5.07. The summed E-state index contributed by atoms with van der Waals surface area (Å²) in [5.41, 5.74) is 0.807. The van der Waals surface area contributed by atoms with Crippen LogP contribution in [0, 0.1) is 0 Å². The van der Waals surface area contributed by atoms with Gasteiger partial charge in [0.25, 0.3) is 0 Å². The van der Waals surface area contributed by atoms with Crippen LogP contribution in [0.3, 0.4) is 0 Å². The van der Waals surface area contributed by atoms with E-state index in [0.717, 1.165) is 5.56 Å². The third-order valence-electron chi connectivity index (χ3n) is 2.05. The van der Waals surface area contributed by atoms with Crippen molar-refractivity contribution < 1.29 is 18.3 Å². The molecule has 0 saturated heterocycles. The van der Waals surface area contributed by atoms with Crippen molar-refractivity contribution in [3.8, 4) is 0 Å². The number of hydrogen-bond donors (Lipinski definition) is 2. The van der Waals surface area contributed by atoms with Crippen LogP contribution in [0.2, 0.25) is 0 Å². The average molecular weight is 258 g/mol. The second-order valence-electron chi connectivity index (χ2n) is 3.49. The minimum Gasteiger partial charge on any atom is -0.481 e. The number of pyridine rings is 1. The summed E-state index contributed by atoms with van der Waals surface area (Å²) in [5.74, 6) is -1.17. The third-order valence-corrected chi connectivity index (χ3v) is 3.46. The van der Waals surface area contributed by atoms with E-state index in [1.165, 1.54) is 0 Å². The van der Waals surface area contributed by atoms with Gasteiger partial charge in [-0.3, -0.25) is 9.78 Å². The first-order valence-corrected chi connectivity index (χ1v) is 6.73. The van der Waals surface area contributed by atoms with Crippen molar-refractivity contribution in [1.82, 2.24) is 9.71 Å². The van der Waals surface area contributed by atoms with Crippen LogP contribution in [0.5, 0.6) is 0 Å². The molecule has 6 nitrogen and oxygen atoms in total. The van der Waals surface area contributed by atoms with E-state index in [-0.39, 0.29) is 25.1 Å². The lowest BCUT2D eigenvalue weighted by atomic mass is 10.3. The molecule has 1 aromatic heterocycles. The zero-order chi connectivity index (χ0) is 12.7. The Morgan fingerprint density at radius 3 is 2.59 bits per heavy atom. The summed E-state index contributed by atoms with van der Waals surface area (Å²) >= 11 is 0. The van der Waals surface area contributed by atoms with E-state index in [2.05, 4.69) is 9.71 Å². The van der Waals surface area contributed by atoms with Crippen LogP contribution in [0.1, 0.15) is 18.4 Å². The molecule has 0 unspecified atom stereocenters. The Bertz CT molecular complexity index is 458. The molecule has 0 fully saturated rings. The molecule has 0 aromatic carbocycles. The summed E-state index contributed by atoms with van der Waals surface area (Å²) in [6, 6.07) is 3.42. The lowest BCUT2D eigenvalue weighted by Gasteiger charge is -2.05. The monoisotopic (exact) mass is 258 g/mol. The normalized spacial score (nSPS) is 11.3. The molecule has 0 atom stereocenters. The molecule has 7 heteroatoms. The van der Waals surface area contributed by atoms with Crippen molar-refractivity contribution in [2.75, 3.05) is 5.75 Å². The zero-order valence-corrected chi connectivity index (χ0v) is 9.98. The molecule has 94 valence electrons. The van der Waals surface area contributed by atoms with Gasteiger partial charge in [0, 0.05) is 25.4 Å². The van der Waals surface area contributed by atoms with Gasteiger partial charge in [0.15, 0.2) is 0 Å². The standard InChI is InChI=1S/C10H14N2O4S/c13-10(14)2-1-7-17(15,16)12-8-9-3-5-11-6-4-9/h3-6,12H,1-2,7-8H2,(H,13,14). The summed E-state index contributed by atoms with van der Waals surface area (Å²) in [7, 11) is -3.41. The SMILES string of the molecule is O=C(O)CCCS(=O)(=O)NCc1ccncc1. The highest BCUT2D eigenvalue weighted by Crippen LogP contribution is 1.99. The molecule has 1 aromatic rings. The fraction of sp³-hybridized carbons (Fsp3) is 0.400. The summed E-state index contributed by atoms with van der Waals surface area (Å²) in [6.07, 6.45) is 3.12. The topological polar surface area (TPSA) is 96.4 Å². The molecule has 1 rings (SSSR count). The van der Waals surface area contributed by atoms with Crippen LogP contribution in [-0.4, -0.2) is 30.2 Å². The van der Waals surface area contributed by atoms with Gasteiger partial charge in [0.2, 0.25) is 10.0 Å². The van der Waals surface area contributed by atoms with E-state index < -0.39 is 16.0 Å². The highest BCUT2D eigenvalue weighted by Gasteiger charge is 2.10. The minimum atomic E-state index is -3.41. The number of carboxylic acids is 1. The van der Waals surface area contributed by atoms with E-state index >= 15 is 0 Å². The predicted octanol–water partition coefficient (Wildman–Crippen LogP) is 0.366. The lowest BCUT2D eigenvalue weighted by Crippen LogP contribution is -2.26. The fourth-order valence-corrected chi connectivity index (χ4v) is 2.23. The van der Waals surface area contributed by atoms with E-state index in [9.17, 15) is 13.2 Å². The molecule has 17 heavy (non-hydrogen) atoms. The molecule has 0 saturated carbocycles. The van der Waals surface area contributed by atoms with Gasteiger partial charge in [-0.2, -0.15) is 0 Å². The lowest BCUT2D eigenvalue weighted by molar-refractivity contribution is -0.137. The van der Waals surface area contributed by atoms with Crippen LogP contribution in [0.4, 0.5) is 0 Å². The Morgan fingerprint density at radius 1 is 1.35 bits per heavy atom. The van der Waals surface area contributed by atoms with Crippen LogP contribution in [-0.2, 0) is 21.4 Å². The predicted molar refractivity (Wildman–Crippen MR) is 61.7 cm³/mol. The number of carbonyl (C=O) groups is 1. The van der Waals surface area contributed by atoms with Gasteiger partial charge >= 0.3 is 5.97 Å². The molecule has 2 N–H and O–H groups in total. The fourth-order valence-electron chi connectivity index (χ4n) is 1.18. The number of hydrogen-bond acceptors (Lipinski definition) is 4. The van der Waals surface area contributed by atoms with E-state index in [0.29, 0.717) is 0 Å². The molecule has 0 spiro atoms. The maximum Gasteiger partial charge on any atom is 0.303 e. The van der Waals surface area contributed by atoms with E-state index in [4.69, 9.17) is 5.11 Å². The number of aliphatic carboxylic acids is 1. The van der Waals surface area contributed by atoms with Crippen LogP contribution >= 0.6 is 0 Å². The summed E-state index contributed by atoms with van der Waals surface area (Å²) < 4.78 is 25.3. The maximum atomic E-state index is 11.5. The molecular formula is C10H14N2O4S. The molecule has 0 aliphatic rings. The number of rotatable bonds is 7. The van der Waals surface area contributed by atoms with Crippen LogP contribution in [0.15, 0.2) is 24.5 Å². The van der Waals surface area contributed by atoms with Gasteiger partial charge < -0.3 is 5.11 Å². The summed E-state index contributed by atoms with van der Waals surface area (Å²) in [5, 5.41) is 8.40. The van der Waals surface area contributed by atoms with E-state index in [1.54, 1.807) is 24.5 Å². The van der Waals surface area contributed by atoms with Crippen molar-refractivity contribution in [3.63, 3.8) is 0 Å². The average Bonchev–Trinajstić information content (AvgIpc) is 2.27. The molecule has 0 aliphatic heterocycles. The van der Waals surface area contributed by atoms with Crippen molar-refractivity contribution in [2.24, 2.45) is 0 Å². The summed E-state index contributed by atoms with van der Waals surface area (Å²) in [4.78, 5) is 14.1. The van der Waals surface area contributed by atoms with Gasteiger partial charge in [0.05, 0.1) is 5.75 Å². The van der Waals surface area contributed by atoms with Crippen LogP contribution in [0.25, 0.3) is 0 Å². The molecule has 0 bridgehead atoms. The van der Waals surface area contributed by atoms with E-state index in [1.807, 2.05) is 0 Å². The van der Waals surface area contributed by atoms with Gasteiger partial charge in [-0.05, 0) is 24.1 Å². The van der Waals surface area contributed by atoms with Crippen molar-refractivity contribution in [2.45, 2.75) is 19.4 Å². The largest absolute Gasteiger partial charge is 0.481 e. The Kier molecular flexibility index (Phi) is 5.05. The Hall–Kier alpha value is -1.47. The molecular weight excluding hydrogens is 244 g/mol. The second-order valence-corrected chi connectivity index (χ2v) is 5.42. The number of nitrogens with one attached hydrogen (secondary N) is 1. The number of carboxylic acid groups (broad SMARTS) is 1. The second kappa shape index (κ2) is 6.31. The summed E-state index contributed by atoms with van der Waals surface area (Å²) in [6.45, 7) is 0.192. The Balaban J connectivity index is 2.37. The highest BCUT2D eigenvalue weighted by molar-refractivity contribution is 7.89. The Labute approximate surface area is 99.7 Å². The van der Waals surface area contributed by atoms with Crippen LogP contribution < -0.4 is 4.72 Å². The molecule has 0 amide bonds. The minimum absolute atomic E-state index is 0.112. The van der Waals surface area contributed by atoms with Crippen molar-refractivity contribution >= 4 is 16.0 Å². The maximum absolute atomic E-state index is 11.5. The smallest absolute Gasteiger partial charge is 0.303 e. The number of nitrogens with zero attached hydrogens (tertiary/aromatic N) is 1. The third kappa shape index (κ3) is 5.98. The van der Waals surface area contributed by atoms with Crippen molar-refractivity contribution in [1.29, 1.82) is 0 Å². The number of sulfonamides is 1. The zero-order valence-electron chi connectivity index (χ0n) is 9.17. The Morgan fingerprint density at radius 2 is 2.00 bits per heavy atom. The van der Waals surface area contributed by atoms with Gasteiger partial charge in [0.1, 0.15) is 0 Å². The van der Waals surface area contributed by atoms with Crippen molar-refractivity contribution in [3.05, 3.63) is 30.1 Å².